The summed E-state index contributed by atoms with van der Waals surface area (Å²) in [5.41, 5.74) is 0.895. The maximum atomic E-state index is 12.7. The molecule has 0 N–H and O–H groups in total. The molecule has 1 aromatic carbocycles. The lowest BCUT2D eigenvalue weighted by atomic mass is 10.1. The van der Waals surface area contributed by atoms with Crippen molar-refractivity contribution in [1.29, 1.82) is 0 Å². The summed E-state index contributed by atoms with van der Waals surface area (Å²) in [4.78, 5) is 8.98. The number of benzene rings is 1. The molecular formula is C16H19N3O3S. The Kier molecular flexibility index (Phi) is 4.32. The predicted molar refractivity (Wildman–Crippen MR) is 85.9 cm³/mol. The number of hydrogen-bond acceptors (Lipinski definition) is 5. The summed E-state index contributed by atoms with van der Waals surface area (Å²) in [6.07, 6.45) is 2.46. The van der Waals surface area contributed by atoms with Gasteiger partial charge < -0.3 is 4.74 Å². The molecule has 0 amide bonds. The van der Waals surface area contributed by atoms with E-state index in [4.69, 9.17) is 4.74 Å². The van der Waals surface area contributed by atoms with Crippen molar-refractivity contribution in [2.75, 3.05) is 20.2 Å². The molecule has 2 heterocycles. The molecule has 1 aliphatic heterocycles. The fraction of sp³-hybridized carbons (Fsp3) is 0.375. The Morgan fingerprint density at radius 1 is 1.22 bits per heavy atom. The molecule has 3 rings (SSSR count). The van der Waals surface area contributed by atoms with Crippen LogP contribution in [0.25, 0.3) is 0 Å². The lowest BCUT2D eigenvalue weighted by Gasteiger charge is -2.16. The number of sulfonamides is 1. The van der Waals surface area contributed by atoms with Gasteiger partial charge in [0, 0.05) is 30.9 Å². The van der Waals surface area contributed by atoms with E-state index < -0.39 is 10.0 Å². The number of rotatable bonds is 4. The summed E-state index contributed by atoms with van der Waals surface area (Å²) in [7, 11) is -1.94. The first-order valence-corrected chi connectivity index (χ1v) is 8.88. The first-order chi connectivity index (χ1) is 11.0. The predicted octanol–water partition coefficient (Wildman–Crippen LogP) is 1.97. The number of hydrogen-bond donors (Lipinski definition) is 0. The van der Waals surface area contributed by atoms with Crippen molar-refractivity contribution in [3.05, 3.63) is 48.0 Å². The smallest absolute Gasteiger partial charge is 0.243 e. The summed E-state index contributed by atoms with van der Waals surface area (Å²) < 4.78 is 32.0. The maximum Gasteiger partial charge on any atom is 0.243 e. The molecule has 7 heteroatoms. The van der Waals surface area contributed by atoms with Crippen LogP contribution >= 0.6 is 0 Å². The maximum absolute atomic E-state index is 12.7. The Hall–Kier alpha value is -1.99. The van der Waals surface area contributed by atoms with Gasteiger partial charge in [0.2, 0.25) is 10.0 Å². The molecule has 1 aromatic heterocycles. The first-order valence-electron chi connectivity index (χ1n) is 7.44. The van der Waals surface area contributed by atoms with Crippen molar-refractivity contribution < 1.29 is 13.2 Å². The summed E-state index contributed by atoms with van der Waals surface area (Å²) >= 11 is 0. The van der Waals surface area contributed by atoms with E-state index in [-0.39, 0.29) is 10.8 Å². The zero-order chi connectivity index (χ0) is 16.4. The second-order valence-corrected chi connectivity index (χ2v) is 7.52. The second-order valence-electron chi connectivity index (χ2n) is 5.58. The van der Waals surface area contributed by atoms with E-state index in [9.17, 15) is 8.42 Å². The van der Waals surface area contributed by atoms with E-state index in [0.717, 1.165) is 17.9 Å². The molecule has 0 aliphatic carbocycles. The molecule has 0 bridgehead atoms. The lowest BCUT2D eigenvalue weighted by molar-refractivity contribution is 0.414. The van der Waals surface area contributed by atoms with Crippen LogP contribution in [0.15, 0.2) is 41.4 Å². The Balaban J connectivity index is 1.79. The van der Waals surface area contributed by atoms with Crippen molar-refractivity contribution in [2.24, 2.45) is 0 Å². The Morgan fingerprint density at radius 2 is 1.96 bits per heavy atom. The van der Waals surface area contributed by atoms with Gasteiger partial charge in [0.05, 0.1) is 12.0 Å². The van der Waals surface area contributed by atoms with Crippen LogP contribution in [0.2, 0.25) is 0 Å². The molecule has 122 valence electrons. The van der Waals surface area contributed by atoms with E-state index in [1.807, 2.05) is 13.0 Å². The fourth-order valence-corrected chi connectivity index (χ4v) is 4.22. The third-order valence-corrected chi connectivity index (χ3v) is 5.91. The highest BCUT2D eigenvalue weighted by molar-refractivity contribution is 7.89. The monoisotopic (exact) mass is 333 g/mol. The molecule has 6 nitrogen and oxygen atoms in total. The summed E-state index contributed by atoms with van der Waals surface area (Å²) in [6, 6.07) is 8.30. The van der Waals surface area contributed by atoms with Gasteiger partial charge in [-0.25, -0.2) is 18.4 Å². The molecule has 2 aromatic rings. The van der Waals surface area contributed by atoms with Gasteiger partial charge in [-0.2, -0.15) is 4.31 Å². The Morgan fingerprint density at radius 3 is 2.61 bits per heavy atom. The largest absolute Gasteiger partial charge is 0.497 e. The van der Waals surface area contributed by atoms with Crippen LogP contribution in [-0.2, 0) is 10.0 Å². The van der Waals surface area contributed by atoms with Crippen LogP contribution in [0.1, 0.15) is 23.9 Å². The van der Waals surface area contributed by atoms with E-state index in [1.54, 1.807) is 37.6 Å². The number of aryl methyl sites for hydroxylation is 1. The zero-order valence-corrected chi connectivity index (χ0v) is 14.0. The summed E-state index contributed by atoms with van der Waals surface area (Å²) in [5.74, 6) is 1.40. The van der Waals surface area contributed by atoms with Crippen molar-refractivity contribution in [3.8, 4) is 5.75 Å². The third kappa shape index (κ3) is 3.20. The second kappa shape index (κ2) is 6.25. The molecule has 0 saturated carbocycles. The molecule has 1 atom stereocenters. The quantitative estimate of drug-likeness (QED) is 0.855. The van der Waals surface area contributed by atoms with Crippen LogP contribution in [0.3, 0.4) is 0 Å². The minimum Gasteiger partial charge on any atom is -0.497 e. The number of aromatic nitrogens is 2. The van der Waals surface area contributed by atoms with Crippen molar-refractivity contribution >= 4 is 10.0 Å². The van der Waals surface area contributed by atoms with Gasteiger partial charge in [0.25, 0.3) is 0 Å². The Bertz CT molecular complexity index is 790. The highest BCUT2D eigenvalue weighted by atomic mass is 32.2. The number of methoxy groups -OCH3 is 1. The van der Waals surface area contributed by atoms with Gasteiger partial charge in [-0.3, -0.25) is 0 Å². The van der Waals surface area contributed by atoms with Gasteiger partial charge in [0.15, 0.2) is 0 Å². The molecule has 1 aliphatic rings. The molecule has 0 spiro atoms. The van der Waals surface area contributed by atoms with Gasteiger partial charge in [-0.1, -0.05) is 0 Å². The topological polar surface area (TPSA) is 72.4 Å². The minimum absolute atomic E-state index is 0.0444. The molecule has 0 unspecified atom stereocenters. The van der Waals surface area contributed by atoms with Crippen LogP contribution < -0.4 is 4.74 Å². The Labute approximate surface area is 136 Å². The van der Waals surface area contributed by atoms with E-state index in [0.29, 0.717) is 18.8 Å². The minimum atomic E-state index is -3.49. The van der Waals surface area contributed by atoms with E-state index >= 15 is 0 Å². The van der Waals surface area contributed by atoms with Crippen LogP contribution in [0.5, 0.6) is 5.75 Å². The number of nitrogens with zero attached hydrogens (tertiary/aromatic N) is 3. The van der Waals surface area contributed by atoms with Crippen molar-refractivity contribution in [1.82, 2.24) is 14.3 Å². The third-order valence-electron chi connectivity index (χ3n) is 4.03. The van der Waals surface area contributed by atoms with Crippen LogP contribution in [-0.4, -0.2) is 42.9 Å². The highest BCUT2D eigenvalue weighted by Crippen LogP contribution is 2.29. The summed E-state index contributed by atoms with van der Waals surface area (Å²) in [6.45, 7) is 2.81. The van der Waals surface area contributed by atoms with Gasteiger partial charge in [-0.05, 0) is 43.7 Å². The highest BCUT2D eigenvalue weighted by Gasteiger charge is 2.34. The van der Waals surface area contributed by atoms with Gasteiger partial charge in [0.1, 0.15) is 11.6 Å². The average Bonchev–Trinajstić information content (AvgIpc) is 3.06. The van der Waals surface area contributed by atoms with Gasteiger partial charge in [-0.15, -0.1) is 0 Å². The molecule has 23 heavy (non-hydrogen) atoms. The standard InChI is InChI=1S/C16H19N3O3S/c1-12-7-9-17-16(18-12)13-8-10-19(11-13)23(20,21)15-5-3-14(22-2)4-6-15/h3-7,9,13H,8,10-11H2,1-2H3/t13-/m1/s1. The SMILES string of the molecule is COc1ccc(S(=O)(=O)N2CC[C@@H](c3nccc(C)n3)C2)cc1. The molecule has 1 saturated heterocycles. The zero-order valence-electron chi connectivity index (χ0n) is 13.1. The lowest BCUT2D eigenvalue weighted by Crippen LogP contribution is -2.28. The first kappa shape index (κ1) is 15.9. The van der Waals surface area contributed by atoms with E-state index in [1.165, 1.54) is 4.31 Å². The average molecular weight is 333 g/mol. The van der Waals surface area contributed by atoms with Crippen LogP contribution in [0.4, 0.5) is 0 Å². The molecular weight excluding hydrogens is 314 g/mol. The molecule has 1 fully saturated rings. The van der Waals surface area contributed by atoms with Crippen LogP contribution in [0, 0.1) is 6.92 Å². The van der Waals surface area contributed by atoms with Crippen molar-refractivity contribution in [3.63, 3.8) is 0 Å². The van der Waals surface area contributed by atoms with E-state index in [2.05, 4.69) is 9.97 Å². The van der Waals surface area contributed by atoms with Crippen molar-refractivity contribution in [2.45, 2.75) is 24.2 Å². The normalized spacial score (nSPS) is 19.0. The summed E-state index contributed by atoms with van der Waals surface area (Å²) in [5, 5.41) is 0. The van der Waals surface area contributed by atoms with Gasteiger partial charge >= 0.3 is 0 Å². The number of ether oxygens (including phenoxy) is 1. The fourth-order valence-electron chi connectivity index (χ4n) is 2.72. The molecule has 0 radical (unpaired) electrons.